The number of benzene rings is 1. The highest BCUT2D eigenvalue weighted by Gasteiger charge is 2.36. The highest BCUT2D eigenvalue weighted by molar-refractivity contribution is 8.03. The number of carbonyl (C=O) groups is 1. The first-order valence-electron chi connectivity index (χ1n) is 4.95. The fourth-order valence-electron chi connectivity index (χ4n) is 1.33. The van der Waals surface area contributed by atoms with Crippen LogP contribution in [0.3, 0.4) is 0 Å². The molecule has 0 aromatic heterocycles. The quantitative estimate of drug-likeness (QED) is 0.603. The van der Waals surface area contributed by atoms with E-state index in [-0.39, 0.29) is 23.2 Å². The first-order chi connectivity index (χ1) is 8.00. The number of rotatable bonds is 4. The van der Waals surface area contributed by atoms with Crippen molar-refractivity contribution in [1.29, 1.82) is 0 Å². The van der Waals surface area contributed by atoms with Crippen molar-refractivity contribution in [3.8, 4) is 0 Å². The van der Waals surface area contributed by atoms with E-state index < -0.39 is 11.1 Å². The molecule has 0 aliphatic carbocycles. The monoisotopic (exact) mass is 260 g/mol. The fraction of sp³-hybridized carbons (Fsp3) is 0.250. The van der Waals surface area contributed by atoms with Gasteiger partial charge >= 0.3 is 6.18 Å². The van der Waals surface area contributed by atoms with E-state index in [9.17, 15) is 18.0 Å². The molecule has 0 radical (unpaired) electrons. The SMILES string of the molecule is CCS/C(=C(/C=O)c1ccccc1)C(F)(F)F. The van der Waals surface area contributed by atoms with Crippen molar-refractivity contribution >= 4 is 23.6 Å². The van der Waals surface area contributed by atoms with Crippen LogP contribution in [-0.4, -0.2) is 18.2 Å². The van der Waals surface area contributed by atoms with Crippen molar-refractivity contribution in [2.45, 2.75) is 13.1 Å². The summed E-state index contributed by atoms with van der Waals surface area (Å²) >= 11 is 0.634. The summed E-state index contributed by atoms with van der Waals surface area (Å²) in [4.78, 5) is 10.1. The van der Waals surface area contributed by atoms with Crippen LogP contribution in [0.1, 0.15) is 12.5 Å². The molecule has 1 rings (SSSR count). The molecular weight excluding hydrogens is 249 g/mol. The van der Waals surface area contributed by atoms with E-state index in [1.165, 1.54) is 12.1 Å². The number of allylic oxidation sites excluding steroid dienone is 2. The summed E-state index contributed by atoms with van der Waals surface area (Å²) in [5, 5.41) is 0. The van der Waals surface area contributed by atoms with E-state index >= 15 is 0 Å². The lowest BCUT2D eigenvalue weighted by atomic mass is 10.1. The van der Waals surface area contributed by atoms with Crippen LogP contribution in [0.4, 0.5) is 13.2 Å². The summed E-state index contributed by atoms with van der Waals surface area (Å²) in [7, 11) is 0. The molecule has 0 aliphatic heterocycles. The molecule has 5 heteroatoms. The number of thioether (sulfide) groups is 1. The number of hydrogen-bond donors (Lipinski definition) is 0. The summed E-state index contributed by atoms with van der Waals surface area (Å²) in [6, 6.07) is 7.87. The van der Waals surface area contributed by atoms with Gasteiger partial charge in [0.15, 0.2) is 6.29 Å². The van der Waals surface area contributed by atoms with Crippen molar-refractivity contribution in [1.82, 2.24) is 0 Å². The molecule has 0 fully saturated rings. The third-order valence-electron chi connectivity index (χ3n) is 1.99. The maximum absolute atomic E-state index is 12.8. The summed E-state index contributed by atoms with van der Waals surface area (Å²) < 4.78 is 38.4. The molecule has 0 aliphatic rings. The van der Waals surface area contributed by atoms with Gasteiger partial charge in [-0.25, -0.2) is 0 Å². The highest BCUT2D eigenvalue weighted by Crippen LogP contribution is 2.39. The normalized spacial score (nSPS) is 13.2. The Bertz CT molecular complexity index is 410. The van der Waals surface area contributed by atoms with E-state index in [0.717, 1.165) is 0 Å². The number of carbonyl (C=O) groups excluding carboxylic acids is 1. The molecule has 0 atom stereocenters. The number of alkyl halides is 3. The Morgan fingerprint density at radius 2 is 1.88 bits per heavy atom. The van der Waals surface area contributed by atoms with Crippen LogP contribution in [0.2, 0.25) is 0 Å². The second-order valence-electron chi connectivity index (χ2n) is 3.16. The van der Waals surface area contributed by atoms with Gasteiger partial charge in [0, 0.05) is 5.57 Å². The van der Waals surface area contributed by atoms with Gasteiger partial charge in [0.25, 0.3) is 0 Å². The summed E-state index contributed by atoms with van der Waals surface area (Å²) in [6.45, 7) is 1.61. The van der Waals surface area contributed by atoms with Crippen molar-refractivity contribution in [3.63, 3.8) is 0 Å². The standard InChI is InChI=1S/C12H11F3OS/c1-2-17-11(12(13,14)15)10(8-16)9-6-4-3-5-7-9/h3-8H,2H2,1H3/b11-10-. The molecule has 0 saturated carbocycles. The van der Waals surface area contributed by atoms with Crippen LogP contribution in [0.15, 0.2) is 35.2 Å². The smallest absolute Gasteiger partial charge is 0.298 e. The average Bonchev–Trinajstić information content (AvgIpc) is 2.29. The third kappa shape index (κ3) is 3.63. The van der Waals surface area contributed by atoms with E-state index in [4.69, 9.17) is 0 Å². The minimum absolute atomic E-state index is 0.263. The minimum atomic E-state index is -4.49. The topological polar surface area (TPSA) is 17.1 Å². The Balaban J connectivity index is 3.32. The maximum atomic E-state index is 12.8. The third-order valence-corrected chi connectivity index (χ3v) is 3.02. The van der Waals surface area contributed by atoms with Gasteiger partial charge in [-0.1, -0.05) is 37.3 Å². The molecule has 0 bridgehead atoms. The van der Waals surface area contributed by atoms with Crippen LogP contribution in [0.25, 0.3) is 5.57 Å². The molecule has 1 aromatic rings. The summed E-state index contributed by atoms with van der Waals surface area (Å²) in [5.74, 6) is 0.263. The van der Waals surface area contributed by atoms with Gasteiger partial charge in [0.05, 0.1) is 4.91 Å². The van der Waals surface area contributed by atoms with Crippen LogP contribution in [-0.2, 0) is 4.79 Å². The van der Waals surface area contributed by atoms with Crippen LogP contribution in [0, 0.1) is 0 Å². The van der Waals surface area contributed by atoms with Gasteiger partial charge in [-0.3, -0.25) is 4.79 Å². The predicted octanol–water partition coefficient (Wildman–Crippen LogP) is 3.91. The molecule has 0 heterocycles. The highest BCUT2D eigenvalue weighted by atomic mass is 32.2. The number of hydrogen-bond acceptors (Lipinski definition) is 2. The van der Waals surface area contributed by atoms with Crippen molar-refractivity contribution < 1.29 is 18.0 Å². The average molecular weight is 260 g/mol. The zero-order chi connectivity index (χ0) is 12.9. The van der Waals surface area contributed by atoms with Crippen molar-refractivity contribution in [2.75, 3.05) is 5.75 Å². The lowest BCUT2D eigenvalue weighted by Crippen LogP contribution is -2.12. The van der Waals surface area contributed by atoms with Crippen LogP contribution in [0.5, 0.6) is 0 Å². The largest absolute Gasteiger partial charge is 0.422 e. The molecule has 17 heavy (non-hydrogen) atoms. The van der Waals surface area contributed by atoms with Gasteiger partial charge in [-0.2, -0.15) is 13.2 Å². The van der Waals surface area contributed by atoms with E-state index in [1.54, 1.807) is 25.1 Å². The van der Waals surface area contributed by atoms with Gasteiger partial charge < -0.3 is 0 Å². The lowest BCUT2D eigenvalue weighted by Gasteiger charge is -2.13. The molecule has 0 spiro atoms. The van der Waals surface area contributed by atoms with Crippen molar-refractivity contribution in [3.05, 3.63) is 40.8 Å². The van der Waals surface area contributed by atoms with Crippen LogP contribution >= 0.6 is 11.8 Å². The molecule has 0 N–H and O–H groups in total. The van der Waals surface area contributed by atoms with Crippen LogP contribution < -0.4 is 0 Å². The second-order valence-corrected chi connectivity index (χ2v) is 4.43. The predicted molar refractivity (Wildman–Crippen MR) is 63.6 cm³/mol. The Kier molecular flexibility index (Phi) is 4.81. The zero-order valence-corrected chi connectivity index (χ0v) is 9.94. The van der Waals surface area contributed by atoms with E-state index in [0.29, 0.717) is 11.8 Å². The van der Waals surface area contributed by atoms with Gasteiger partial charge in [0.2, 0.25) is 0 Å². The minimum Gasteiger partial charge on any atom is -0.298 e. The maximum Gasteiger partial charge on any atom is 0.422 e. The summed E-state index contributed by atoms with van der Waals surface area (Å²) in [6.07, 6.45) is -4.23. The first kappa shape index (κ1) is 13.8. The van der Waals surface area contributed by atoms with Gasteiger partial charge in [-0.05, 0) is 11.3 Å². The van der Waals surface area contributed by atoms with E-state index in [2.05, 4.69) is 0 Å². The zero-order valence-electron chi connectivity index (χ0n) is 9.12. The Labute approximate surface area is 102 Å². The van der Waals surface area contributed by atoms with Gasteiger partial charge in [0.1, 0.15) is 0 Å². The Morgan fingerprint density at radius 3 is 2.29 bits per heavy atom. The fourth-order valence-corrected chi connectivity index (χ4v) is 2.10. The molecule has 92 valence electrons. The second kappa shape index (κ2) is 5.91. The van der Waals surface area contributed by atoms with E-state index in [1.807, 2.05) is 0 Å². The molecule has 0 saturated heterocycles. The number of halogens is 3. The molecular formula is C12H11F3OS. The first-order valence-corrected chi connectivity index (χ1v) is 5.94. The van der Waals surface area contributed by atoms with Crippen molar-refractivity contribution in [2.24, 2.45) is 0 Å². The molecule has 0 amide bonds. The summed E-state index contributed by atoms with van der Waals surface area (Å²) in [5.41, 5.74) is -0.0132. The van der Waals surface area contributed by atoms with Gasteiger partial charge in [-0.15, -0.1) is 11.8 Å². The molecule has 0 unspecified atom stereocenters. The Hall–Kier alpha value is -1.23. The lowest BCUT2D eigenvalue weighted by molar-refractivity contribution is -0.104. The molecule has 1 aromatic carbocycles. The Morgan fingerprint density at radius 1 is 1.29 bits per heavy atom. The number of aldehydes is 1. The molecule has 1 nitrogen and oxygen atoms in total.